The van der Waals surface area contributed by atoms with Crippen LogP contribution in [0.5, 0.6) is 0 Å². The second-order valence-electron chi connectivity index (χ2n) is 9.79. The summed E-state index contributed by atoms with van der Waals surface area (Å²) in [5, 5.41) is 12.4. The minimum Gasteiger partial charge on any atom is -0.480 e. The number of carbonyl (C=O) groups excluding carboxylic acids is 2. The van der Waals surface area contributed by atoms with E-state index in [0.29, 0.717) is 18.1 Å². The summed E-state index contributed by atoms with van der Waals surface area (Å²) in [6.45, 7) is 0.255. The molecule has 2 amide bonds. The maximum Gasteiger partial charge on any atom is 0.407 e. The Morgan fingerprint density at radius 3 is 2.41 bits per heavy atom. The lowest BCUT2D eigenvalue weighted by molar-refractivity contribution is -0.150. The van der Waals surface area contributed by atoms with Gasteiger partial charge in [0.05, 0.1) is 11.3 Å². The van der Waals surface area contributed by atoms with Gasteiger partial charge in [-0.15, -0.1) is 11.8 Å². The van der Waals surface area contributed by atoms with E-state index in [2.05, 4.69) is 29.6 Å². The Morgan fingerprint density at radius 2 is 1.74 bits per heavy atom. The average molecular weight is 479 g/mol. The number of rotatable bonds is 5. The number of fused-ring (bicyclic) bond motifs is 4. The van der Waals surface area contributed by atoms with E-state index in [-0.39, 0.29) is 30.4 Å². The van der Waals surface area contributed by atoms with Gasteiger partial charge < -0.3 is 20.1 Å². The van der Waals surface area contributed by atoms with E-state index in [1.165, 1.54) is 38.9 Å². The number of nitrogens with zero attached hydrogens (tertiary/aromatic N) is 1. The van der Waals surface area contributed by atoms with Gasteiger partial charge in [0.1, 0.15) is 12.6 Å². The number of carbonyl (C=O) groups is 3. The third-order valence-corrected chi connectivity index (χ3v) is 8.94. The Bertz CT molecular complexity index is 1140. The van der Waals surface area contributed by atoms with Crippen LogP contribution >= 0.6 is 11.8 Å². The van der Waals surface area contributed by atoms with E-state index in [9.17, 15) is 19.5 Å². The molecule has 1 saturated heterocycles. The van der Waals surface area contributed by atoms with Crippen molar-refractivity contribution in [3.63, 3.8) is 0 Å². The molecule has 3 aliphatic carbocycles. The number of aliphatic carboxylic acids is 1. The fraction of sp³-hybridized carbons (Fsp3) is 0.423. The molecule has 7 nitrogen and oxygen atoms in total. The predicted octanol–water partition coefficient (Wildman–Crippen LogP) is 3.68. The molecule has 0 spiro atoms. The monoisotopic (exact) mass is 478 g/mol. The zero-order valence-corrected chi connectivity index (χ0v) is 19.4. The Morgan fingerprint density at radius 1 is 1.06 bits per heavy atom. The number of amides is 2. The average Bonchev–Trinajstić information content (AvgIpc) is 3.18. The Kier molecular flexibility index (Phi) is 5.09. The van der Waals surface area contributed by atoms with E-state index >= 15 is 0 Å². The fourth-order valence-electron chi connectivity index (χ4n) is 6.21. The van der Waals surface area contributed by atoms with Gasteiger partial charge in [-0.05, 0) is 47.4 Å². The molecule has 0 bridgehead atoms. The second kappa shape index (κ2) is 8.05. The third kappa shape index (κ3) is 3.38. The molecule has 2 saturated carbocycles. The van der Waals surface area contributed by atoms with Crippen molar-refractivity contribution < 1.29 is 24.2 Å². The van der Waals surface area contributed by atoms with Crippen LogP contribution in [0.2, 0.25) is 0 Å². The molecule has 3 fully saturated rings. The van der Waals surface area contributed by atoms with Crippen LogP contribution < -0.4 is 5.32 Å². The molecule has 2 N–H and O–H groups in total. The summed E-state index contributed by atoms with van der Waals surface area (Å²) < 4.78 is 5.67. The summed E-state index contributed by atoms with van der Waals surface area (Å²) in [6.07, 6.45) is 1.60. The third-order valence-electron chi connectivity index (χ3n) is 7.93. The Balaban J connectivity index is 1.07. The quantitative estimate of drug-likeness (QED) is 0.681. The number of alkyl carbamates (subject to hydrolysis) is 1. The van der Waals surface area contributed by atoms with Crippen molar-refractivity contribution in [2.75, 3.05) is 18.2 Å². The van der Waals surface area contributed by atoms with Crippen LogP contribution in [-0.4, -0.2) is 58.3 Å². The van der Waals surface area contributed by atoms with Crippen molar-refractivity contribution in [3.05, 3.63) is 59.7 Å². The molecule has 8 heteroatoms. The minimum absolute atomic E-state index is 0.00340. The largest absolute Gasteiger partial charge is 0.480 e. The van der Waals surface area contributed by atoms with Crippen molar-refractivity contribution in [1.82, 2.24) is 10.2 Å². The topological polar surface area (TPSA) is 95.9 Å². The smallest absolute Gasteiger partial charge is 0.407 e. The molecule has 34 heavy (non-hydrogen) atoms. The number of nitrogens with one attached hydrogen (secondary N) is 1. The summed E-state index contributed by atoms with van der Waals surface area (Å²) >= 11 is 1.48. The first-order valence-electron chi connectivity index (χ1n) is 11.7. The zero-order chi connectivity index (χ0) is 23.4. The van der Waals surface area contributed by atoms with Gasteiger partial charge in [0, 0.05) is 17.7 Å². The van der Waals surface area contributed by atoms with Gasteiger partial charge in [0.15, 0.2) is 0 Å². The molecule has 0 aromatic heterocycles. The highest BCUT2D eigenvalue weighted by Crippen LogP contribution is 2.64. The highest BCUT2D eigenvalue weighted by Gasteiger charge is 2.67. The first-order chi connectivity index (χ1) is 16.5. The summed E-state index contributed by atoms with van der Waals surface area (Å²) in [6, 6.07) is 15.6. The van der Waals surface area contributed by atoms with Crippen LogP contribution in [0.25, 0.3) is 11.1 Å². The number of hydrogen-bond donors (Lipinski definition) is 2. The second-order valence-corrected chi connectivity index (χ2v) is 10.8. The van der Waals surface area contributed by atoms with Gasteiger partial charge in [-0.1, -0.05) is 48.5 Å². The summed E-state index contributed by atoms with van der Waals surface area (Å²) in [5.41, 5.74) is 4.19. The number of thioether (sulfide) groups is 1. The van der Waals surface area contributed by atoms with Crippen molar-refractivity contribution in [1.29, 1.82) is 0 Å². The number of hydrogen-bond acceptors (Lipinski definition) is 5. The first kappa shape index (κ1) is 21.5. The Hall–Kier alpha value is -3.00. The van der Waals surface area contributed by atoms with Gasteiger partial charge in [-0.2, -0.15) is 0 Å². The van der Waals surface area contributed by atoms with Crippen LogP contribution in [0.3, 0.4) is 0 Å². The maximum absolute atomic E-state index is 13.2. The summed E-state index contributed by atoms with van der Waals surface area (Å²) in [4.78, 5) is 38.9. The summed E-state index contributed by atoms with van der Waals surface area (Å²) in [5.74, 6) is 0.0606. The van der Waals surface area contributed by atoms with Crippen molar-refractivity contribution in [2.45, 2.75) is 37.3 Å². The number of benzene rings is 2. The molecule has 6 rings (SSSR count). The molecular weight excluding hydrogens is 452 g/mol. The molecule has 4 unspecified atom stereocenters. The molecule has 1 heterocycles. The van der Waals surface area contributed by atoms with Crippen molar-refractivity contribution in [2.24, 2.45) is 11.3 Å². The lowest BCUT2D eigenvalue weighted by Gasteiger charge is -2.26. The molecule has 2 aromatic carbocycles. The lowest BCUT2D eigenvalue weighted by atomic mass is 9.98. The van der Waals surface area contributed by atoms with E-state index in [1.807, 2.05) is 24.3 Å². The Labute approximate surface area is 201 Å². The van der Waals surface area contributed by atoms with Gasteiger partial charge in [-0.3, -0.25) is 4.79 Å². The van der Waals surface area contributed by atoms with E-state index in [1.54, 1.807) is 0 Å². The van der Waals surface area contributed by atoms with Gasteiger partial charge in [0.2, 0.25) is 5.91 Å². The molecule has 176 valence electrons. The number of carboxylic acids is 1. The van der Waals surface area contributed by atoms with Crippen LogP contribution in [0.1, 0.15) is 36.3 Å². The lowest BCUT2D eigenvalue weighted by Crippen LogP contribution is -2.46. The molecule has 2 aromatic rings. The van der Waals surface area contributed by atoms with Crippen LogP contribution in [0.4, 0.5) is 4.79 Å². The van der Waals surface area contributed by atoms with E-state index in [4.69, 9.17) is 4.74 Å². The standard InChI is InChI=1S/C26H26N2O5S/c29-23(30)22-13-34-14-28(22)24(31)26-10-15(26)9-16(11-26)27-25(32)33-12-21-19-7-3-1-5-17(19)18-6-2-4-8-20(18)21/h1-8,15-16,21-22H,9-14H2,(H,27,32)(H,29,30). The maximum atomic E-state index is 13.2. The SMILES string of the molecule is O=C(NC1CC2CC2(C(=O)N2CSCC2C(=O)O)C1)OCC1c2ccccc2-c2ccccc21. The van der Waals surface area contributed by atoms with Gasteiger partial charge in [-0.25, -0.2) is 9.59 Å². The minimum atomic E-state index is -0.946. The first-order valence-corrected chi connectivity index (χ1v) is 12.9. The van der Waals surface area contributed by atoms with E-state index < -0.39 is 23.5 Å². The van der Waals surface area contributed by atoms with Crippen molar-refractivity contribution in [3.8, 4) is 11.1 Å². The highest BCUT2D eigenvalue weighted by atomic mass is 32.2. The molecule has 4 atom stereocenters. The summed E-state index contributed by atoms with van der Waals surface area (Å²) in [7, 11) is 0. The van der Waals surface area contributed by atoms with Gasteiger partial charge >= 0.3 is 12.1 Å². The zero-order valence-electron chi connectivity index (χ0n) is 18.6. The van der Waals surface area contributed by atoms with Crippen molar-refractivity contribution >= 4 is 29.7 Å². The number of ether oxygens (including phenoxy) is 1. The van der Waals surface area contributed by atoms with E-state index in [0.717, 1.165) is 12.8 Å². The normalized spacial score (nSPS) is 28.7. The van der Waals surface area contributed by atoms with Gasteiger partial charge in [0.25, 0.3) is 0 Å². The highest BCUT2D eigenvalue weighted by molar-refractivity contribution is 7.99. The van der Waals surface area contributed by atoms with Crippen LogP contribution in [0, 0.1) is 11.3 Å². The predicted molar refractivity (Wildman–Crippen MR) is 127 cm³/mol. The molecule has 4 aliphatic rings. The molecule has 1 aliphatic heterocycles. The molecular formula is C26H26N2O5S. The molecule has 0 radical (unpaired) electrons. The fourth-order valence-corrected chi connectivity index (χ4v) is 7.35. The van der Waals surface area contributed by atoms with Crippen LogP contribution in [0.15, 0.2) is 48.5 Å². The van der Waals surface area contributed by atoms with Crippen LogP contribution in [-0.2, 0) is 14.3 Å². The number of carboxylic acid groups (broad SMARTS) is 1.